The minimum absolute atomic E-state index is 0.0199. The number of nitrogens with zero attached hydrogens (tertiary/aromatic N) is 1. The minimum atomic E-state index is -0.476. The fraction of sp³-hybridized carbons (Fsp3) is 0.500. The van der Waals surface area contributed by atoms with Gasteiger partial charge in [0.15, 0.2) is 6.61 Å². The van der Waals surface area contributed by atoms with Crippen LogP contribution in [0.1, 0.15) is 32.1 Å². The number of carbonyl (C=O) groups is 3. The topological polar surface area (TPSA) is 75.7 Å². The van der Waals surface area contributed by atoms with Crippen molar-refractivity contribution in [1.29, 1.82) is 0 Å². The fourth-order valence-electron chi connectivity index (χ4n) is 3.46. The Hall–Kier alpha value is -1.89. The molecule has 1 N–H and O–H groups in total. The fourth-order valence-corrected chi connectivity index (χ4v) is 3.85. The zero-order valence-electron chi connectivity index (χ0n) is 13.9. The van der Waals surface area contributed by atoms with E-state index in [1.165, 1.54) is 0 Å². The maximum Gasteiger partial charge on any atom is 0.311 e. The highest BCUT2D eigenvalue weighted by Crippen LogP contribution is 2.30. The summed E-state index contributed by atoms with van der Waals surface area (Å²) in [6.45, 7) is 0.0580. The Kier molecular flexibility index (Phi) is 5.73. The Morgan fingerprint density at radius 1 is 1.24 bits per heavy atom. The van der Waals surface area contributed by atoms with Crippen molar-refractivity contribution in [1.82, 2.24) is 4.90 Å². The molecule has 7 heteroatoms. The van der Waals surface area contributed by atoms with E-state index in [2.05, 4.69) is 21.2 Å². The summed E-state index contributed by atoms with van der Waals surface area (Å²) < 4.78 is 5.87. The van der Waals surface area contributed by atoms with Crippen molar-refractivity contribution in [3.05, 3.63) is 28.7 Å². The zero-order chi connectivity index (χ0) is 17.8. The second kappa shape index (κ2) is 7.99. The van der Waals surface area contributed by atoms with Gasteiger partial charge in [-0.15, -0.1) is 0 Å². The van der Waals surface area contributed by atoms with Crippen molar-refractivity contribution < 1.29 is 19.1 Å². The zero-order valence-corrected chi connectivity index (χ0v) is 15.5. The van der Waals surface area contributed by atoms with E-state index in [1.54, 1.807) is 12.1 Å². The molecule has 2 amide bonds. The Morgan fingerprint density at radius 3 is 2.68 bits per heavy atom. The molecular weight excluding hydrogens is 388 g/mol. The van der Waals surface area contributed by atoms with Crippen LogP contribution in [0, 0.1) is 5.92 Å². The second-order valence-corrected chi connectivity index (χ2v) is 7.38. The van der Waals surface area contributed by atoms with E-state index < -0.39 is 17.8 Å². The lowest BCUT2D eigenvalue weighted by atomic mass is 10.1. The van der Waals surface area contributed by atoms with E-state index in [1.807, 2.05) is 17.0 Å². The maximum atomic E-state index is 12.2. The number of esters is 1. The van der Waals surface area contributed by atoms with Gasteiger partial charge in [-0.1, -0.05) is 25.0 Å². The number of halogens is 1. The van der Waals surface area contributed by atoms with Crippen LogP contribution in [-0.2, 0) is 19.1 Å². The summed E-state index contributed by atoms with van der Waals surface area (Å²) in [4.78, 5) is 38.1. The highest BCUT2D eigenvalue weighted by molar-refractivity contribution is 9.10. The van der Waals surface area contributed by atoms with Crippen LogP contribution >= 0.6 is 15.9 Å². The first-order chi connectivity index (χ1) is 12.0. The molecule has 134 valence electrons. The minimum Gasteiger partial charge on any atom is -0.455 e. The van der Waals surface area contributed by atoms with E-state index in [-0.39, 0.29) is 25.0 Å². The number of hydrogen-bond donors (Lipinski definition) is 1. The molecule has 0 spiro atoms. The third kappa shape index (κ3) is 4.39. The predicted octanol–water partition coefficient (Wildman–Crippen LogP) is 2.72. The van der Waals surface area contributed by atoms with Gasteiger partial charge in [-0.25, -0.2) is 0 Å². The van der Waals surface area contributed by atoms with Crippen LogP contribution in [0.4, 0.5) is 5.69 Å². The van der Waals surface area contributed by atoms with Gasteiger partial charge in [-0.2, -0.15) is 0 Å². The lowest BCUT2D eigenvalue weighted by molar-refractivity contribution is -0.151. The number of carbonyl (C=O) groups excluding carboxylic acids is 3. The molecule has 1 heterocycles. The lowest BCUT2D eigenvalue weighted by Crippen LogP contribution is -2.35. The third-order valence-corrected chi connectivity index (χ3v) is 5.44. The van der Waals surface area contributed by atoms with Crippen LogP contribution in [0.25, 0.3) is 0 Å². The molecule has 0 radical (unpaired) electrons. The molecule has 0 unspecified atom stereocenters. The van der Waals surface area contributed by atoms with Crippen LogP contribution in [0.5, 0.6) is 0 Å². The van der Waals surface area contributed by atoms with Gasteiger partial charge in [-0.3, -0.25) is 14.4 Å². The van der Waals surface area contributed by atoms with Gasteiger partial charge >= 0.3 is 5.97 Å². The molecule has 2 fully saturated rings. The normalized spacial score (nSPS) is 20.8. The van der Waals surface area contributed by atoms with Crippen molar-refractivity contribution in [2.24, 2.45) is 5.92 Å². The van der Waals surface area contributed by atoms with E-state index in [0.717, 1.165) is 30.2 Å². The Morgan fingerprint density at radius 2 is 1.96 bits per heavy atom. The molecule has 3 rings (SSSR count). The van der Waals surface area contributed by atoms with Gasteiger partial charge in [0.2, 0.25) is 5.91 Å². The molecule has 1 atom stereocenters. The van der Waals surface area contributed by atoms with Crippen LogP contribution in [-0.4, -0.2) is 41.9 Å². The number of para-hydroxylation sites is 1. The number of likely N-dealkylation sites (tertiary alicyclic amines) is 1. The van der Waals surface area contributed by atoms with Crippen LogP contribution in [0.2, 0.25) is 0 Å². The Balaban J connectivity index is 1.47. The number of anilines is 1. The molecule has 0 bridgehead atoms. The predicted molar refractivity (Wildman–Crippen MR) is 95.8 cm³/mol. The number of amides is 2. The van der Waals surface area contributed by atoms with E-state index >= 15 is 0 Å². The van der Waals surface area contributed by atoms with E-state index in [4.69, 9.17) is 4.74 Å². The Labute approximate surface area is 155 Å². The first-order valence-electron chi connectivity index (χ1n) is 8.55. The molecular formula is C18H21BrN2O4. The molecule has 1 aromatic carbocycles. The van der Waals surface area contributed by atoms with Crippen molar-refractivity contribution >= 4 is 39.4 Å². The van der Waals surface area contributed by atoms with Gasteiger partial charge < -0.3 is 15.0 Å². The molecule has 1 aliphatic heterocycles. The van der Waals surface area contributed by atoms with Crippen molar-refractivity contribution in [2.45, 2.75) is 38.1 Å². The first-order valence-corrected chi connectivity index (χ1v) is 9.34. The summed E-state index contributed by atoms with van der Waals surface area (Å²) in [5.74, 6) is -1.33. The van der Waals surface area contributed by atoms with Crippen molar-refractivity contribution in [3.8, 4) is 0 Å². The third-order valence-electron chi connectivity index (χ3n) is 4.75. The molecule has 1 aliphatic carbocycles. The molecule has 6 nitrogen and oxygen atoms in total. The molecule has 25 heavy (non-hydrogen) atoms. The average Bonchev–Trinajstić information content (AvgIpc) is 3.24. The quantitative estimate of drug-likeness (QED) is 0.759. The molecule has 1 saturated heterocycles. The monoisotopic (exact) mass is 408 g/mol. The largest absolute Gasteiger partial charge is 0.455 e. The highest BCUT2D eigenvalue weighted by Gasteiger charge is 2.39. The smallest absolute Gasteiger partial charge is 0.311 e. The van der Waals surface area contributed by atoms with Crippen molar-refractivity contribution in [2.75, 3.05) is 18.5 Å². The van der Waals surface area contributed by atoms with Crippen molar-refractivity contribution in [3.63, 3.8) is 0 Å². The maximum absolute atomic E-state index is 12.2. The molecule has 2 aliphatic rings. The number of rotatable bonds is 5. The number of benzene rings is 1. The van der Waals surface area contributed by atoms with E-state index in [9.17, 15) is 14.4 Å². The van der Waals surface area contributed by atoms with Crippen LogP contribution < -0.4 is 5.32 Å². The lowest BCUT2D eigenvalue weighted by Gasteiger charge is -2.23. The van der Waals surface area contributed by atoms with Gasteiger partial charge in [0.1, 0.15) is 0 Å². The number of nitrogens with one attached hydrogen (secondary N) is 1. The number of hydrogen-bond acceptors (Lipinski definition) is 4. The second-order valence-electron chi connectivity index (χ2n) is 6.52. The molecule has 0 aromatic heterocycles. The van der Waals surface area contributed by atoms with E-state index in [0.29, 0.717) is 12.2 Å². The Bertz CT molecular complexity index is 673. The molecule has 1 aromatic rings. The highest BCUT2D eigenvalue weighted by atomic mass is 79.9. The van der Waals surface area contributed by atoms with Gasteiger partial charge in [0.05, 0.1) is 11.6 Å². The first kappa shape index (κ1) is 17.9. The van der Waals surface area contributed by atoms with Crippen LogP contribution in [0.3, 0.4) is 0 Å². The summed E-state index contributed by atoms with van der Waals surface area (Å²) in [7, 11) is 0. The summed E-state index contributed by atoms with van der Waals surface area (Å²) >= 11 is 3.34. The summed E-state index contributed by atoms with van der Waals surface area (Å²) in [5, 5.41) is 2.68. The number of ether oxygens (including phenoxy) is 1. The summed E-state index contributed by atoms with van der Waals surface area (Å²) in [6, 6.07) is 7.47. The SMILES string of the molecule is O=C(COC(=O)[C@H]1CC(=O)N(C2CCCC2)C1)Nc1ccccc1Br. The average molecular weight is 409 g/mol. The van der Waals surface area contributed by atoms with Gasteiger partial charge in [0.25, 0.3) is 5.91 Å². The van der Waals surface area contributed by atoms with Crippen LogP contribution in [0.15, 0.2) is 28.7 Å². The summed E-state index contributed by atoms with van der Waals surface area (Å²) in [6.07, 6.45) is 4.49. The standard InChI is InChI=1S/C18H21BrN2O4/c19-14-7-3-4-8-15(14)20-16(22)11-25-18(24)12-9-17(23)21(10-12)13-5-1-2-6-13/h3-4,7-8,12-13H,1-2,5-6,9-11H2,(H,20,22)/t12-/m0/s1. The van der Waals surface area contributed by atoms with Gasteiger partial charge in [0, 0.05) is 23.5 Å². The van der Waals surface area contributed by atoms with Gasteiger partial charge in [-0.05, 0) is 40.9 Å². The molecule has 1 saturated carbocycles. The summed E-state index contributed by atoms with van der Waals surface area (Å²) in [5.41, 5.74) is 0.618.